The molecule has 0 bridgehead atoms. The van der Waals surface area contributed by atoms with Gasteiger partial charge in [0, 0.05) is 25.8 Å². The molecular weight excluding hydrogens is 348 g/mol. The molecule has 7 nitrogen and oxygen atoms in total. The number of amides is 2. The third-order valence-electron chi connectivity index (χ3n) is 4.77. The Morgan fingerprint density at radius 1 is 1.07 bits per heavy atom. The van der Waals surface area contributed by atoms with E-state index in [1.807, 2.05) is 36.9 Å². The average Bonchev–Trinajstić information content (AvgIpc) is 2.89. The number of carbonyl (C=O) groups excluding carboxylic acids is 2. The quantitative estimate of drug-likeness (QED) is 0.704. The van der Waals surface area contributed by atoms with Crippen LogP contribution in [-0.4, -0.2) is 74.3 Å². The average molecular weight is 374 g/mol. The summed E-state index contributed by atoms with van der Waals surface area (Å²) in [5.74, 6) is -0.0447. The standard InChI is InChI=1S/C20H26N2O5/c1-13-11-21(12-14(2)27-13)18-17(15-7-5-6-8-16(15)26-4)19(23)22(20(18)24)9-10-25-3/h5-8,13-14H,9-12H2,1-4H3. The van der Waals surface area contributed by atoms with Gasteiger partial charge in [0.15, 0.2) is 0 Å². The minimum Gasteiger partial charge on any atom is -0.496 e. The van der Waals surface area contributed by atoms with E-state index in [4.69, 9.17) is 14.2 Å². The Bertz CT molecular complexity index is 750. The molecule has 2 atom stereocenters. The van der Waals surface area contributed by atoms with Crippen molar-refractivity contribution in [3.8, 4) is 5.75 Å². The van der Waals surface area contributed by atoms with Crippen LogP contribution in [0, 0.1) is 0 Å². The number of nitrogens with zero attached hydrogens (tertiary/aromatic N) is 2. The monoisotopic (exact) mass is 374 g/mol. The lowest BCUT2D eigenvalue weighted by Gasteiger charge is -2.37. The van der Waals surface area contributed by atoms with Crippen molar-refractivity contribution in [3.63, 3.8) is 0 Å². The molecular formula is C20H26N2O5. The third kappa shape index (κ3) is 3.70. The predicted molar refractivity (Wildman–Crippen MR) is 100 cm³/mol. The Labute approximate surface area is 159 Å². The van der Waals surface area contributed by atoms with Gasteiger partial charge in [-0.25, -0.2) is 0 Å². The van der Waals surface area contributed by atoms with Crippen LogP contribution in [0.3, 0.4) is 0 Å². The molecule has 0 saturated carbocycles. The topological polar surface area (TPSA) is 68.3 Å². The first-order chi connectivity index (χ1) is 13.0. The summed E-state index contributed by atoms with van der Waals surface area (Å²) < 4.78 is 16.3. The van der Waals surface area contributed by atoms with Crippen molar-refractivity contribution in [2.24, 2.45) is 0 Å². The first-order valence-electron chi connectivity index (χ1n) is 9.11. The number of rotatable bonds is 6. The molecule has 27 heavy (non-hydrogen) atoms. The maximum atomic E-state index is 13.2. The summed E-state index contributed by atoms with van der Waals surface area (Å²) in [6.45, 7) is 5.54. The van der Waals surface area contributed by atoms with E-state index in [-0.39, 0.29) is 30.6 Å². The number of hydrogen-bond donors (Lipinski definition) is 0. The molecule has 1 aromatic rings. The highest BCUT2D eigenvalue weighted by Gasteiger charge is 2.43. The molecule has 0 radical (unpaired) electrons. The molecule has 2 amide bonds. The summed E-state index contributed by atoms with van der Waals surface area (Å²) in [7, 11) is 3.10. The van der Waals surface area contributed by atoms with Crippen LogP contribution in [0.1, 0.15) is 19.4 Å². The maximum absolute atomic E-state index is 13.2. The summed E-state index contributed by atoms with van der Waals surface area (Å²) >= 11 is 0. The van der Waals surface area contributed by atoms with Crippen molar-refractivity contribution in [3.05, 3.63) is 35.5 Å². The van der Waals surface area contributed by atoms with Gasteiger partial charge in [-0.1, -0.05) is 18.2 Å². The number of morpholine rings is 1. The highest BCUT2D eigenvalue weighted by Crippen LogP contribution is 2.36. The van der Waals surface area contributed by atoms with Gasteiger partial charge in [0.1, 0.15) is 11.4 Å². The number of carbonyl (C=O) groups is 2. The Hall–Kier alpha value is -2.38. The number of benzene rings is 1. The zero-order valence-corrected chi connectivity index (χ0v) is 16.2. The fraction of sp³-hybridized carbons (Fsp3) is 0.500. The second kappa shape index (κ2) is 8.10. The summed E-state index contributed by atoms with van der Waals surface area (Å²) in [5, 5.41) is 0. The van der Waals surface area contributed by atoms with Gasteiger partial charge in [-0.3, -0.25) is 14.5 Å². The summed E-state index contributed by atoms with van der Waals surface area (Å²) in [5.41, 5.74) is 1.43. The lowest BCUT2D eigenvalue weighted by atomic mass is 10.0. The van der Waals surface area contributed by atoms with Crippen LogP contribution >= 0.6 is 0 Å². The Balaban J connectivity index is 2.10. The summed E-state index contributed by atoms with van der Waals surface area (Å²) in [6.07, 6.45) is -0.0628. The third-order valence-corrected chi connectivity index (χ3v) is 4.77. The number of para-hydroxylation sites is 1. The van der Waals surface area contributed by atoms with Crippen LogP contribution < -0.4 is 4.74 Å². The molecule has 2 heterocycles. The summed E-state index contributed by atoms with van der Waals surface area (Å²) in [6, 6.07) is 7.28. The smallest absolute Gasteiger partial charge is 0.277 e. The van der Waals surface area contributed by atoms with Gasteiger partial charge in [0.25, 0.3) is 11.8 Å². The second-order valence-electron chi connectivity index (χ2n) is 6.84. The lowest BCUT2D eigenvalue weighted by Crippen LogP contribution is -2.47. The molecule has 3 rings (SSSR count). The predicted octanol–water partition coefficient (Wildman–Crippen LogP) is 1.53. The largest absolute Gasteiger partial charge is 0.496 e. The van der Waals surface area contributed by atoms with Crippen LogP contribution in [0.4, 0.5) is 0 Å². The highest BCUT2D eigenvalue weighted by molar-refractivity contribution is 6.36. The van der Waals surface area contributed by atoms with Crippen molar-refractivity contribution in [1.82, 2.24) is 9.80 Å². The van der Waals surface area contributed by atoms with Crippen molar-refractivity contribution < 1.29 is 23.8 Å². The minimum absolute atomic E-state index is 0.0314. The van der Waals surface area contributed by atoms with Gasteiger partial charge < -0.3 is 19.1 Å². The van der Waals surface area contributed by atoms with Crippen LogP contribution in [0.25, 0.3) is 5.57 Å². The van der Waals surface area contributed by atoms with E-state index in [0.29, 0.717) is 42.3 Å². The van der Waals surface area contributed by atoms with Crippen LogP contribution in [0.15, 0.2) is 30.0 Å². The van der Waals surface area contributed by atoms with E-state index in [0.717, 1.165) is 0 Å². The minimum atomic E-state index is -0.316. The van der Waals surface area contributed by atoms with Gasteiger partial charge in [-0.15, -0.1) is 0 Å². The number of methoxy groups -OCH3 is 2. The molecule has 7 heteroatoms. The van der Waals surface area contributed by atoms with E-state index >= 15 is 0 Å². The molecule has 0 N–H and O–H groups in total. The lowest BCUT2D eigenvalue weighted by molar-refractivity contribution is -0.139. The van der Waals surface area contributed by atoms with E-state index in [9.17, 15) is 9.59 Å². The Kier molecular flexibility index (Phi) is 5.82. The first-order valence-corrected chi connectivity index (χ1v) is 9.11. The van der Waals surface area contributed by atoms with Gasteiger partial charge >= 0.3 is 0 Å². The molecule has 0 aliphatic carbocycles. The number of ether oxygens (including phenoxy) is 3. The van der Waals surface area contributed by atoms with Crippen LogP contribution in [-0.2, 0) is 19.1 Å². The van der Waals surface area contributed by atoms with Gasteiger partial charge in [0.2, 0.25) is 0 Å². The molecule has 1 saturated heterocycles. The zero-order valence-electron chi connectivity index (χ0n) is 16.2. The van der Waals surface area contributed by atoms with E-state index < -0.39 is 0 Å². The molecule has 2 aliphatic heterocycles. The van der Waals surface area contributed by atoms with Gasteiger partial charge in [0.05, 0.1) is 38.0 Å². The van der Waals surface area contributed by atoms with Gasteiger partial charge in [-0.2, -0.15) is 0 Å². The van der Waals surface area contributed by atoms with Gasteiger partial charge in [-0.05, 0) is 19.9 Å². The van der Waals surface area contributed by atoms with Crippen molar-refractivity contribution in [2.45, 2.75) is 26.1 Å². The molecule has 1 aromatic carbocycles. The molecule has 146 valence electrons. The van der Waals surface area contributed by atoms with Crippen LogP contribution in [0.2, 0.25) is 0 Å². The second-order valence-corrected chi connectivity index (χ2v) is 6.84. The Morgan fingerprint density at radius 3 is 2.37 bits per heavy atom. The fourth-order valence-electron chi connectivity index (χ4n) is 3.70. The van der Waals surface area contributed by atoms with E-state index in [1.54, 1.807) is 20.3 Å². The molecule has 2 aliphatic rings. The highest BCUT2D eigenvalue weighted by atomic mass is 16.5. The number of imide groups is 1. The molecule has 2 unspecified atom stereocenters. The zero-order chi connectivity index (χ0) is 19.6. The Morgan fingerprint density at radius 2 is 1.74 bits per heavy atom. The first kappa shape index (κ1) is 19.4. The van der Waals surface area contributed by atoms with Crippen LogP contribution in [0.5, 0.6) is 5.75 Å². The maximum Gasteiger partial charge on any atom is 0.277 e. The van der Waals surface area contributed by atoms with Crippen molar-refractivity contribution >= 4 is 17.4 Å². The molecule has 0 aromatic heterocycles. The van der Waals surface area contributed by atoms with Crippen molar-refractivity contribution in [1.29, 1.82) is 0 Å². The van der Waals surface area contributed by atoms with E-state index in [2.05, 4.69) is 0 Å². The van der Waals surface area contributed by atoms with Crippen molar-refractivity contribution in [2.75, 3.05) is 40.5 Å². The van der Waals surface area contributed by atoms with E-state index in [1.165, 1.54) is 4.90 Å². The summed E-state index contributed by atoms with van der Waals surface area (Å²) in [4.78, 5) is 29.6. The fourth-order valence-corrected chi connectivity index (χ4v) is 3.70. The SMILES string of the molecule is COCCN1C(=O)C(c2ccccc2OC)=C(N2CC(C)OC(C)C2)C1=O. The number of hydrogen-bond acceptors (Lipinski definition) is 6. The normalized spacial score (nSPS) is 23.4. The molecule has 0 spiro atoms. The molecule has 1 fully saturated rings.